The van der Waals surface area contributed by atoms with E-state index in [-0.39, 0.29) is 12.3 Å². The van der Waals surface area contributed by atoms with Crippen LogP contribution >= 0.6 is 23.4 Å². The smallest absolute Gasteiger partial charge is 0.343 e. The van der Waals surface area contributed by atoms with Gasteiger partial charge in [0.2, 0.25) is 0 Å². The van der Waals surface area contributed by atoms with Crippen molar-refractivity contribution in [3.05, 3.63) is 39.3 Å². The molecule has 1 aromatic heterocycles. The molecule has 7 heteroatoms. The quantitative estimate of drug-likeness (QED) is 0.900. The first kappa shape index (κ1) is 13.2. The molecule has 18 heavy (non-hydrogen) atoms. The van der Waals surface area contributed by atoms with Crippen LogP contribution in [0.25, 0.3) is 0 Å². The lowest BCUT2D eigenvalue weighted by Gasteiger charge is -2.05. The fourth-order valence-electron chi connectivity index (χ4n) is 1.48. The molecule has 2 N–H and O–H groups in total. The number of aromatic amines is 1. The molecule has 1 heterocycles. The molecule has 0 aliphatic rings. The second-order valence-electron chi connectivity index (χ2n) is 3.58. The van der Waals surface area contributed by atoms with E-state index in [2.05, 4.69) is 10.2 Å². The predicted molar refractivity (Wildman–Crippen MR) is 70.0 cm³/mol. The lowest BCUT2D eigenvalue weighted by atomic mass is 10.2. The van der Waals surface area contributed by atoms with Crippen molar-refractivity contribution >= 4 is 23.4 Å². The van der Waals surface area contributed by atoms with Gasteiger partial charge in [-0.05, 0) is 36.4 Å². The molecule has 1 aromatic carbocycles. The third-order valence-corrected chi connectivity index (χ3v) is 3.91. The van der Waals surface area contributed by atoms with Crippen LogP contribution in [0, 0.1) is 0 Å². The number of nitrogens with one attached hydrogen (secondary N) is 1. The first-order valence-corrected chi connectivity index (χ1v) is 6.57. The number of rotatable bonds is 4. The van der Waals surface area contributed by atoms with Crippen molar-refractivity contribution in [1.29, 1.82) is 0 Å². The van der Waals surface area contributed by atoms with Crippen molar-refractivity contribution in [2.75, 3.05) is 0 Å². The number of aromatic nitrogens is 3. The highest BCUT2D eigenvalue weighted by atomic mass is 35.5. The number of hydrogen-bond acceptors (Lipinski definition) is 4. The second kappa shape index (κ2) is 5.60. The minimum atomic E-state index is -0.233. The van der Waals surface area contributed by atoms with E-state index in [1.807, 2.05) is 6.92 Å². The molecule has 0 unspecified atom stereocenters. The van der Waals surface area contributed by atoms with Gasteiger partial charge in [0, 0.05) is 11.4 Å². The minimum absolute atomic E-state index is 0.0489. The van der Waals surface area contributed by atoms with Gasteiger partial charge in [-0.25, -0.2) is 9.89 Å². The fraction of sp³-hybridized carbons (Fsp3) is 0.273. The van der Waals surface area contributed by atoms with Crippen LogP contribution in [0.2, 0.25) is 5.02 Å². The number of H-pyrrole nitrogens is 1. The van der Waals surface area contributed by atoms with Crippen LogP contribution in [0.3, 0.4) is 0 Å². The summed E-state index contributed by atoms with van der Waals surface area (Å²) in [5, 5.41) is 16.5. The molecule has 0 amide bonds. The van der Waals surface area contributed by atoms with Gasteiger partial charge in [0.25, 0.3) is 0 Å². The average molecular weight is 286 g/mol. The van der Waals surface area contributed by atoms with E-state index in [9.17, 15) is 4.79 Å². The molecule has 5 nitrogen and oxygen atoms in total. The second-order valence-corrected chi connectivity index (χ2v) is 5.00. The highest BCUT2D eigenvalue weighted by Gasteiger charge is 2.10. The average Bonchev–Trinajstić information content (AvgIpc) is 2.72. The summed E-state index contributed by atoms with van der Waals surface area (Å²) >= 11 is 7.42. The van der Waals surface area contributed by atoms with Gasteiger partial charge in [0.05, 0.1) is 11.6 Å². The molecule has 96 valence electrons. The molecule has 0 radical (unpaired) electrons. The molecular formula is C11H12ClN3O2S. The maximum absolute atomic E-state index is 11.4. The Morgan fingerprint density at radius 1 is 1.56 bits per heavy atom. The molecule has 2 aromatic rings. The van der Waals surface area contributed by atoms with E-state index >= 15 is 0 Å². The van der Waals surface area contributed by atoms with Gasteiger partial charge < -0.3 is 5.11 Å². The lowest BCUT2D eigenvalue weighted by Crippen LogP contribution is -2.15. The predicted octanol–water partition coefficient (Wildman–Crippen LogP) is 1.89. The highest BCUT2D eigenvalue weighted by molar-refractivity contribution is 7.99. The molecular weight excluding hydrogens is 274 g/mol. The van der Waals surface area contributed by atoms with Crippen LogP contribution in [-0.4, -0.2) is 19.9 Å². The molecule has 0 saturated heterocycles. The van der Waals surface area contributed by atoms with Crippen LogP contribution in [0.4, 0.5) is 0 Å². The highest BCUT2D eigenvalue weighted by Crippen LogP contribution is 2.32. The molecule has 0 aliphatic heterocycles. The first-order valence-electron chi connectivity index (χ1n) is 5.38. The lowest BCUT2D eigenvalue weighted by molar-refractivity contribution is 0.282. The fourth-order valence-corrected chi connectivity index (χ4v) is 2.71. The molecule has 0 atom stereocenters. The third kappa shape index (κ3) is 2.60. The Labute approximate surface area is 113 Å². The zero-order chi connectivity index (χ0) is 13.1. The van der Waals surface area contributed by atoms with Crippen molar-refractivity contribution in [3.63, 3.8) is 0 Å². The molecule has 0 spiro atoms. The van der Waals surface area contributed by atoms with Crippen LogP contribution in [0.1, 0.15) is 12.5 Å². The maximum Gasteiger partial charge on any atom is 0.343 e. The van der Waals surface area contributed by atoms with E-state index in [0.717, 1.165) is 10.5 Å². The van der Waals surface area contributed by atoms with E-state index in [4.69, 9.17) is 16.7 Å². The summed E-state index contributed by atoms with van der Waals surface area (Å²) in [5.74, 6) is 0. The number of nitrogens with zero attached hydrogens (tertiary/aromatic N) is 2. The van der Waals surface area contributed by atoms with E-state index in [0.29, 0.717) is 16.7 Å². The Balaban J connectivity index is 2.31. The summed E-state index contributed by atoms with van der Waals surface area (Å²) in [6, 6.07) is 5.29. The Bertz CT molecular complexity index is 609. The van der Waals surface area contributed by atoms with Crippen LogP contribution in [-0.2, 0) is 13.2 Å². The summed E-state index contributed by atoms with van der Waals surface area (Å²) in [7, 11) is 0. The van der Waals surface area contributed by atoms with E-state index in [1.54, 1.807) is 18.2 Å². The SMILES string of the molecule is CCn1c(Sc2ccc(CO)cc2Cl)n[nH]c1=O. The number of hydrogen-bond donors (Lipinski definition) is 2. The minimum Gasteiger partial charge on any atom is -0.392 e. The van der Waals surface area contributed by atoms with Gasteiger partial charge in [0.1, 0.15) is 0 Å². The van der Waals surface area contributed by atoms with Gasteiger partial charge in [-0.1, -0.05) is 17.7 Å². The largest absolute Gasteiger partial charge is 0.392 e. The zero-order valence-electron chi connectivity index (χ0n) is 9.68. The summed E-state index contributed by atoms with van der Waals surface area (Å²) in [4.78, 5) is 12.2. The number of aliphatic hydroxyl groups excluding tert-OH is 1. The van der Waals surface area contributed by atoms with Gasteiger partial charge >= 0.3 is 5.69 Å². The summed E-state index contributed by atoms with van der Waals surface area (Å²) in [6.07, 6.45) is 0. The first-order chi connectivity index (χ1) is 8.65. The maximum atomic E-state index is 11.4. The summed E-state index contributed by atoms with van der Waals surface area (Å²) in [6.45, 7) is 2.37. The Morgan fingerprint density at radius 3 is 2.94 bits per heavy atom. The molecule has 2 rings (SSSR count). The Morgan fingerprint density at radius 2 is 2.33 bits per heavy atom. The van der Waals surface area contributed by atoms with Crippen LogP contribution < -0.4 is 5.69 Å². The molecule has 0 fully saturated rings. The number of halogens is 1. The normalized spacial score (nSPS) is 10.8. The monoisotopic (exact) mass is 285 g/mol. The van der Waals surface area contributed by atoms with Crippen molar-refractivity contribution in [2.24, 2.45) is 0 Å². The van der Waals surface area contributed by atoms with Gasteiger partial charge in [-0.15, -0.1) is 5.10 Å². The number of benzene rings is 1. The Hall–Kier alpha value is -1.24. The molecule has 0 aliphatic carbocycles. The van der Waals surface area contributed by atoms with Crippen molar-refractivity contribution in [3.8, 4) is 0 Å². The van der Waals surface area contributed by atoms with Crippen molar-refractivity contribution in [2.45, 2.75) is 30.1 Å². The van der Waals surface area contributed by atoms with E-state index in [1.165, 1.54) is 16.3 Å². The Kier molecular flexibility index (Phi) is 4.11. The summed E-state index contributed by atoms with van der Waals surface area (Å²) < 4.78 is 1.53. The standard InChI is InChI=1S/C11H12ClN3O2S/c1-2-15-10(17)13-14-11(15)18-9-4-3-7(6-16)5-8(9)12/h3-5,16H,2,6H2,1H3,(H,13,17). The van der Waals surface area contributed by atoms with Gasteiger partial charge in [0.15, 0.2) is 5.16 Å². The van der Waals surface area contributed by atoms with Gasteiger partial charge in [-0.2, -0.15) is 0 Å². The van der Waals surface area contributed by atoms with Crippen molar-refractivity contribution in [1.82, 2.24) is 14.8 Å². The summed E-state index contributed by atoms with van der Waals surface area (Å²) in [5.41, 5.74) is 0.516. The van der Waals surface area contributed by atoms with Crippen LogP contribution in [0.15, 0.2) is 33.0 Å². The topological polar surface area (TPSA) is 70.9 Å². The number of aliphatic hydroxyl groups is 1. The zero-order valence-corrected chi connectivity index (χ0v) is 11.3. The molecule has 0 saturated carbocycles. The molecule has 0 bridgehead atoms. The van der Waals surface area contributed by atoms with E-state index < -0.39 is 0 Å². The van der Waals surface area contributed by atoms with Gasteiger partial charge in [-0.3, -0.25) is 4.57 Å². The van der Waals surface area contributed by atoms with Crippen LogP contribution in [0.5, 0.6) is 0 Å². The van der Waals surface area contributed by atoms with Crippen molar-refractivity contribution < 1.29 is 5.11 Å². The third-order valence-electron chi connectivity index (χ3n) is 2.42.